The zero-order valence-corrected chi connectivity index (χ0v) is 14.4. The second kappa shape index (κ2) is 7.68. The molecule has 1 fully saturated rings. The number of carbonyl (C=O) groups excluding carboxylic acids is 1. The minimum atomic E-state index is 0.130. The molecule has 1 saturated carbocycles. The van der Waals surface area contributed by atoms with Crippen LogP contribution in [0.1, 0.15) is 49.1 Å². The number of hydrogen-bond donors (Lipinski definition) is 1. The summed E-state index contributed by atoms with van der Waals surface area (Å²) in [5, 5.41) is 4.17. The number of aryl methyl sites for hydroxylation is 1. The standard InChI is InChI=1S/C18H23N3OS/c1-13-16(23-18(20-13)14-8-10-19-11-9-14)12-17(22)21-15-6-4-2-3-5-7-15/h8-11,15H,2-7,12H2,1H3,(H,21,22). The molecule has 1 N–H and O–H groups in total. The lowest BCUT2D eigenvalue weighted by molar-refractivity contribution is -0.121. The van der Waals surface area contributed by atoms with Crippen LogP contribution >= 0.6 is 11.3 Å². The summed E-state index contributed by atoms with van der Waals surface area (Å²) >= 11 is 1.61. The first-order valence-corrected chi connectivity index (χ1v) is 9.20. The molecule has 0 atom stereocenters. The first-order chi connectivity index (χ1) is 11.2. The molecule has 0 aromatic carbocycles. The average molecular weight is 329 g/mol. The molecule has 1 amide bonds. The maximum atomic E-state index is 12.3. The number of nitrogens with zero attached hydrogens (tertiary/aromatic N) is 2. The Balaban J connectivity index is 1.63. The molecule has 0 aliphatic heterocycles. The van der Waals surface area contributed by atoms with Gasteiger partial charge in [-0.2, -0.15) is 0 Å². The lowest BCUT2D eigenvalue weighted by atomic mass is 10.1. The van der Waals surface area contributed by atoms with Gasteiger partial charge >= 0.3 is 0 Å². The molecule has 0 unspecified atom stereocenters. The summed E-state index contributed by atoms with van der Waals surface area (Å²) in [4.78, 5) is 22.0. The molecule has 0 spiro atoms. The van der Waals surface area contributed by atoms with Gasteiger partial charge in [0.25, 0.3) is 0 Å². The monoisotopic (exact) mass is 329 g/mol. The minimum Gasteiger partial charge on any atom is -0.353 e. The van der Waals surface area contributed by atoms with Gasteiger partial charge in [0, 0.05) is 28.9 Å². The molecule has 3 rings (SSSR count). The summed E-state index contributed by atoms with van der Waals surface area (Å²) in [7, 11) is 0. The van der Waals surface area contributed by atoms with Crippen LogP contribution in [0.3, 0.4) is 0 Å². The Labute approximate surface area is 141 Å². The topological polar surface area (TPSA) is 54.9 Å². The number of carbonyl (C=O) groups is 1. The molecular weight excluding hydrogens is 306 g/mol. The van der Waals surface area contributed by atoms with Gasteiger partial charge in [-0.1, -0.05) is 25.7 Å². The first kappa shape index (κ1) is 16.1. The van der Waals surface area contributed by atoms with E-state index < -0.39 is 0 Å². The fraction of sp³-hybridized carbons (Fsp3) is 0.500. The van der Waals surface area contributed by atoms with E-state index in [0.717, 1.165) is 34.0 Å². The number of nitrogens with one attached hydrogen (secondary N) is 1. The lowest BCUT2D eigenvalue weighted by Gasteiger charge is -2.15. The van der Waals surface area contributed by atoms with Crippen LogP contribution in [0.4, 0.5) is 0 Å². The highest BCUT2D eigenvalue weighted by atomic mass is 32.1. The highest BCUT2D eigenvalue weighted by Gasteiger charge is 2.17. The van der Waals surface area contributed by atoms with E-state index in [0.29, 0.717) is 12.5 Å². The zero-order chi connectivity index (χ0) is 16.1. The predicted molar refractivity (Wildman–Crippen MR) is 93.4 cm³/mol. The maximum absolute atomic E-state index is 12.3. The van der Waals surface area contributed by atoms with Crippen LogP contribution in [-0.2, 0) is 11.2 Å². The van der Waals surface area contributed by atoms with E-state index in [1.807, 2.05) is 19.1 Å². The van der Waals surface area contributed by atoms with E-state index in [4.69, 9.17) is 0 Å². The smallest absolute Gasteiger partial charge is 0.225 e. The molecule has 1 aliphatic rings. The predicted octanol–water partition coefficient (Wildman–Crippen LogP) is 3.90. The number of amides is 1. The van der Waals surface area contributed by atoms with Crippen molar-refractivity contribution in [1.29, 1.82) is 0 Å². The Hall–Kier alpha value is -1.75. The summed E-state index contributed by atoms with van der Waals surface area (Å²) in [5.74, 6) is 0.130. The van der Waals surface area contributed by atoms with Crippen LogP contribution in [0.25, 0.3) is 10.6 Å². The van der Waals surface area contributed by atoms with Gasteiger partial charge in [0.05, 0.1) is 12.1 Å². The number of rotatable bonds is 4. The summed E-state index contributed by atoms with van der Waals surface area (Å²) in [6.07, 6.45) is 11.3. The molecule has 4 nitrogen and oxygen atoms in total. The van der Waals surface area contributed by atoms with Crippen LogP contribution in [0, 0.1) is 6.92 Å². The Morgan fingerprint density at radius 1 is 1.22 bits per heavy atom. The third-order valence-electron chi connectivity index (χ3n) is 4.36. The third kappa shape index (κ3) is 4.38. The van der Waals surface area contributed by atoms with E-state index in [1.54, 1.807) is 23.7 Å². The van der Waals surface area contributed by atoms with Crippen molar-refractivity contribution in [2.75, 3.05) is 0 Å². The third-order valence-corrected chi connectivity index (χ3v) is 5.57. The van der Waals surface area contributed by atoms with Crippen molar-refractivity contribution in [2.24, 2.45) is 0 Å². The quantitative estimate of drug-likeness (QED) is 0.866. The van der Waals surface area contributed by atoms with E-state index in [2.05, 4.69) is 15.3 Å². The Kier molecular flexibility index (Phi) is 5.39. The number of hydrogen-bond acceptors (Lipinski definition) is 4. The first-order valence-electron chi connectivity index (χ1n) is 8.38. The summed E-state index contributed by atoms with van der Waals surface area (Å²) < 4.78 is 0. The number of aromatic nitrogens is 2. The largest absolute Gasteiger partial charge is 0.353 e. The van der Waals surface area contributed by atoms with Crippen molar-refractivity contribution in [3.8, 4) is 10.6 Å². The van der Waals surface area contributed by atoms with E-state index >= 15 is 0 Å². The van der Waals surface area contributed by atoms with Gasteiger partial charge in [0.1, 0.15) is 5.01 Å². The summed E-state index contributed by atoms with van der Waals surface area (Å²) in [6.45, 7) is 1.98. The molecule has 23 heavy (non-hydrogen) atoms. The van der Waals surface area contributed by atoms with Crippen LogP contribution in [0.2, 0.25) is 0 Å². The van der Waals surface area contributed by atoms with Crippen LogP contribution in [0.15, 0.2) is 24.5 Å². The molecule has 2 heterocycles. The van der Waals surface area contributed by atoms with Crippen molar-refractivity contribution in [2.45, 2.75) is 57.9 Å². The molecular formula is C18H23N3OS. The molecule has 0 saturated heterocycles. The van der Waals surface area contributed by atoms with E-state index in [1.165, 1.54) is 25.7 Å². The van der Waals surface area contributed by atoms with Crippen molar-refractivity contribution < 1.29 is 4.79 Å². The minimum absolute atomic E-state index is 0.130. The van der Waals surface area contributed by atoms with Gasteiger partial charge in [-0.3, -0.25) is 9.78 Å². The van der Waals surface area contributed by atoms with Gasteiger partial charge in [-0.05, 0) is 31.9 Å². The van der Waals surface area contributed by atoms with Gasteiger partial charge in [0.2, 0.25) is 5.91 Å². The SMILES string of the molecule is Cc1nc(-c2ccncc2)sc1CC(=O)NC1CCCCCC1. The van der Waals surface area contributed by atoms with Crippen LogP contribution < -0.4 is 5.32 Å². The normalized spacial score (nSPS) is 16.0. The van der Waals surface area contributed by atoms with Crippen LogP contribution in [-0.4, -0.2) is 21.9 Å². The van der Waals surface area contributed by atoms with Gasteiger partial charge in [0.15, 0.2) is 0 Å². The van der Waals surface area contributed by atoms with Gasteiger partial charge in [-0.15, -0.1) is 11.3 Å². The van der Waals surface area contributed by atoms with E-state index in [-0.39, 0.29) is 5.91 Å². The van der Waals surface area contributed by atoms with Crippen LogP contribution in [0.5, 0.6) is 0 Å². The summed E-state index contributed by atoms with van der Waals surface area (Å²) in [6, 6.07) is 4.26. The molecule has 0 radical (unpaired) electrons. The van der Waals surface area contributed by atoms with Crippen molar-refractivity contribution in [3.05, 3.63) is 35.1 Å². The van der Waals surface area contributed by atoms with Crippen molar-refractivity contribution >= 4 is 17.2 Å². The number of thiazole rings is 1. The van der Waals surface area contributed by atoms with Gasteiger partial charge < -0.3 is 5.32 Å². The Morgan fingerprint density at radius 2 is 1.91 bits per heavy atom. The molecule has 0 bridgehead atoms. The fourth-order valence-corrected chi connectivity index (χ4v) is 4.12. The molecule has 2 aromatic heterocycles. The van der Waals surface area contributed by atoms with Crippen molar-refractivity contribution in [1.82, 2.24) is 15.3 Å². The molecule has 122 valence electrons. The Bertz CT molecular complexity index is 646. The highest BCUT2D eigenvalue weighted by Crippen LogP contribution is 2.28. The number of pyridine rings is 1. The lowest BCUT2D eigenvalue weighted by Crippen LogP contribution is -2.35. The summed E-state index contributed by atoms with van der Waals surface area (Å²) in [5.41, 5.74) is 2.02. The molecule has 1 aliphatic carbocycles. The fourth-order valence-electron chi connectivity index (χ4n) is 3.06. The molecule has 5 heteroatoms. The highest BCUT2D eigenvalue weighted by molar-refractivity contribution is 7.15. The Morgan fingerprint density at radius 3 is 2.61 bits per heavy atom. The molecule has 2 aromatic rings. The van der Waals surface area contributed by atoms with E-state index in [9.17, 15) is 4.79 Å². The maximum Gasteiger partial charge on any atom is 0.225 e. The average Bonchev–Trinajstić information content (AvgIpc) is 2.75. The van der Waals surface area contributed by atoms with Gasteiger partial charge in [-0.25, -0.2) is 4.98 Å². The second-order valence-corrected chi connectivity index (χ2v) is 7.28. The van der Waals surface area contributed by atoms with Crippen molar-refractivity contribution in [3.63, 3.8) is 0 Å². The zero-order valence-electron chi connectivity index (χ0n) is 13.5. The second-order valence-electron chi connectivity index (χ2n) is 6.20.